The predicted octanol–water partition coefficient (Wildman–Crippen LogP) is 2.24. The summed E-state index contributed by atoms with van der Waals surface area (Å²) in [5, 5.41) is 7.18. The van der Waals surface area contributed by atoms with Crippen molar-refractivity contribution < 1.29 is 14.3 Å². The summed E-state index contributed by atoms with van der Waals surface area (Å²) in [7, 11) is 3.25. The fraction of sp³-hybridized carbons (Fsp3) is 0.333. The number of terminal acetylenes is 1. The maximum atomic E-state index is 12.6. The first-order valence-electron chi connectivity index (χ1n) is 7.52. The molecule has 1 atom stereocenters. The Morgan fingerprint density at radius 1 is 1.50 bits per heavy atom. The maximum absolute atomic E-state index is 12.6. The van der Waals surface area contributed by atoms with E-state index in [4.69, 9.17) is 15.9 Å². The third-order valence-electron chi connectivity index (χ3n) is 3.62. The predicted molar refractivity (Wildman–Crippen MR) is 91.1 cm³/mol. The van der Waals surface area contributed by atoms with E-state index in [2.05, 4.69) is 16.3 Å². The van der Waals surface area contributed by atoms with Crippen molar-refractivity contribution in [3.05, 3.63) is 41.1 Å². The molecule has 1 aromatic carbocycles. The maximum Gasteiger partial charge on any atom is 0.259 e. The van der Waals surface area contributed by atoms with Crippen LogP contribution in [0.25, 0.3) is 0 Å². The molecule has 6 heteroatoms. The normalized spacial score (nSPS) is 11.5. The van der Waals surface area contributed by atoms with E-state index in [0.717, 1.165) is 5.56 Å². The summed E-state index contributed by atoms with van der Waals surface area (Å²) < 4.78 is 12.2. The lowest BCUT2D eigenvalue weighted by Crippen LogP contribution is -2.27. The molecule has 0 saturated heterocycles. The first-order chi connectivity index (χ1) is 11.5. The molecule has 0 bridgehead atoms. The van der Waals surface area contributed by atoms with Gasteiger partial charge < -0.3 is 14.8 Å². The third kappa shape index (κ3) is 3.69. The summed E-state index contributed by atoms with van der Waals surface area (Å²) in [6.07, 6.45) is 5.20. The SMILES string of the molecule is C#CCOc1cccc(C(C)NC(=O)c2c(C)nn(C)c2OC)c1. The molecule has 1 unspecified atom stereocenters. The molecule has 0 fully saturated rings. The van der Waals surface area contributed by atoms with Crippen LogP contribution in [0.1, 0.15) is 34.6 Å². The van der Waals surface area contributed by atoms with Gasteiger partial charge in [0.15, 0.2) is 0 Å². The summed E-state index contributed by atoms with van der Waals surface area (Å²) in [5.74, 6) is 3.29. The molecular weight excluding hydrogens is 306 g/mol. The van der Waals surface area contributed by atoms with Crippen LogP contribution in [0.5, 0.6) is 11.6 Å². The van der Waals surface area contributed by atoms with Gasteiger partial charge in [-0.05, 0) is 31.5 Å². The van der Waals surface area contributed by atoms with Crippen LogP contribution in [-0.2, 0) is 7.05 Å². The highest BCUT2D eigenvalue weighted by Crippen LogP contribution is 2.23. The van der Waals surface area contributed by atoms with Crippen molar-refractivity contribution in [2.75, 3.05) is 13.7 Å². The lowest BCUT2D eigenvalue weighted by Gasteiger charge is -2.15. The van der Waals surface area contributed by atoms with E-state index < -0.39 is 0 Å². The lowest BCUT2D eigenvalue weighted by atomic mass is 10.1. The molecular formula is C18H21N3O3. The Morgan fingerprint density at radius 2 is 2.25 bits per heavy atom. The Labute approximate surface area is 141 Å². The Hall–Kier alpha value is -2.94. The number of benzene rings is 1. The molecule has 1 aromatic heterocycles. The zero-order chi connectivity index (χ0) is 17.7. The van der Waals surface area contributed by atoms with Gasteiger partial charge in [-0.2, -0.15) is 5.10 Å². The van der Waals surface area contributed by atoms with E-state index in [1.165, 1.54) is 7.11 Å². The topological polar surface area (TPSA) is 65.4 Å². The van der Waals surface area contributed by atoms with Crippen molar-refractivity contribution in [3.8, 4) is 24.0 Å². The van der Waals surface area contributed by atoms with Gasteiger partial charge in [0.1, 0.15) is 17.9 Å². The molecule has 0 aliphatic rings. The number of nitrogens with zero attached hydrogens (tertiary/aromatic N) is 2. The van der Waals surface area contributed by atoms with Crippen LogP contribution in [0.3, 0.4) is 0 Å². The molecule has 0 aliphatic carbocycles. The first-order valence-corrected chi connectivity index (χ1v) is 7.52. The highest BCUT2D eigenvalue weighted by atomic mass is 16.5. The number of carbonyl (C=O) groups excluding carboxylic acids is 1. The average Bonchev–Trinajstić information content (AvgIpc) is 2.86. The fourth-order valence-electron chi connectivity index (χ4n) is 2.48. The summed E-state index contributed by atoms with van der Waals surface area (Å²) >= 11 is 0. The van der Waals surface area contributed by atoms with Gasteiger partial charge in [-0.1, -0.05) is 18.1 Å². The second-order valence-electron chi connectivity index (χ2n) is 5.35. The van der Waals surface area contributed by atoms with Crippen LogP contribution < -0.4 is 14.8 Å². The molecule has 0 saturated carbocycles. The van der Waals surface area contributed by atoms with Crippen LogP contribution in [-0.4, -0.2) is 29.4 Å². The zero-order valence-corrected chi connectivity index (χ0v) is 14.3. The van der Waals surface area contributed by atoms with Crippen molar-refractivity contribution in [2.45, 2.75) is 19.9 Å². The summed E-state index contributed by atoms with van der Waals surface area (Å²) in [6, 6.07) is 7.25. The molecule has 1 N–H and O–H groups in total. The smallest absolute Gasteiger partial charge is 0.259 e. The van der Waals surface area contributed by atoms with Crippen molar-refractivity contribution in [3.63, 3.8) is 0 Å². The van der Waals surface area contributed by atoms with Crippen LogP contribution in [0.2, 0.25) is 0 Å². The van der Waals surface area contributed by atoms with Gasteiger partial charge in [0.05, 0.1) is 18.8 Å². The number of hydrogen-bond donors (Lipinski definition) is 1. The number of rotatable bonds is 6. The van der Waals surface area contributed by atoms with Gasteiger partial charge in [-0.15, -0.1) is 6.42 Å². The molecule has 0 radical (unpaired) electrons. The van der Waals surface area contributed by atoms with Crippen molar-refractivity contribution in [1.29, 1.82) is 0 Å². The number of aryl methyl sites for hydroxylation is 2. The highest BCUT2D eigenvalue weighted by molar-refractivity contribution is 5.97. The summed E-state index contributed by atoms with van der Waals surface area (Å²) in [6.45, 7) is 3.88. The first kappa shape index (κ1) is 17.4. The standard InChI is InChI=1S/C18H21N3O3/c1-6-10-24-15-9-7-8-14(11-15)12(2)19-17(22)16-13(3)20-21(4)18(16)23-5/h1,7-9,11-12H,10H2,2-5H3,(H,19,22). The Morgan fingerprint density at radius 3 is 2.92 bits per heavy atom. The molecule has 1 amide bonds. The Bertz CT molecular complexity index is 774. The molecule has 6 nitrogen and oxygen atoms in total. The van der Waals surface area contributed by atoms with Crippen molar-refractivity contribution >= 4 is 5.91 Å². The number of carbonyl (C=O) groups is 1. The minimum Gasteiger partial charge on any atom is -0.481 e. The number of ether oxygens (including phenoxy) is 2. The molecule has 0 spiro atoms. The molecule has 2 rings (SSSR count). The molecule has 2 aromatic rings. The van der Waals surface area contributed by atoms with Crippen LogP contribution in [0, 0.1) is 19.3 Å². The zero-order valence-electron chi connectivity index (χ0n) is 14.3. The molecule has 126 valence electrons. The summed E-state index contributed by atoms with van der Waals surface area (Å²) in [4.78, 5) is 12.6. The lowest BCUT2D eigenvalue weighted by molar-refractivity contribution is 0.0935. The van der Waals surface area contributed by atoms with Gasteiger partial charge in [-0.25, -0.2) is 4.68 Å². The van der Waals surface area contributed by atoms with Gasteiger partial charge in [0, 0.05) is 7.05 Å². The Balaban J connectivity index is 2.16. The number of hydrogen-bond acceptors (Lipinski definition) is 4. The number of amides is 1. The second-order valence-corrected chi connectivity index (χ2v) is 5.35. The number of nitrogens with one attached hydrogen (secondary N) is 1. The number of methoxy groups -OCH3 is 1. The molecule has 0 aliphatic heterocycles. The fourth-order valence-corrected chi connectivity index (χ4v) is 2.48. The molecule has 24 heavy (non-hydrogen) atoms. The second kappa shape index (κ2) is 7.55. The summed E-state index contributed by atoms with van der Waals surface area (Å²) in [5.41, 5.74) is 1.97. The van der Waals surface area contributed by atoms with E-state index >= 15 is 0 Å². The Kier molecular flexibility index (Phi) is 5.48. The average molecular weight is 327 g/mol. The minimum absolute atomic E-state index is 0.205. The van der Waals surface area contributed by atoms with Crippen molar-refractivity contribution in [1.82, 2.24) is 15.1 Å². The van der Waals surface area contributed by atoms with E-state index in [1.807, 2.05) is 31.2 Å². The quantitative estimate of drug-likeness (QED) is 0.827. The third-order valence-corrected chi connectivity index (χ3v) is 3.62. The van der Waals surface area contributed by atoms with E-state index in [9.17, 15) is 4.79 Å². The largest absolute Gasteiger partial charge is 0.481 e. The van der Waals surface area contributed by atoms with Crippen LogP contribution >= 0.6 is 0 Å². The minimum atomic E-state index is -0.236. The van der Waals surface area contributed by atoms with E-state index in [0.29, 0.717) is 22.9 Å². The van der Waals surface area contributed by atoms with Gasteiger partial charge in [0.2, 0.25) is 5.88 Å². The van der Waals surface area contributed by atoms with Gasteiger partial charge in [-0.3, -0.25) is 4.79 Å². The number of aromatic nitrogens is 2. The van der Waals surface area contributed by atoms with Crippen molar-refractivity contribution in [2.24, 2.45) is 7.05 Å². The molecule has 1 heterocycles. The van der Waals surface area contributed by atoms with Crippen LogP contribution in [0.4, 0.5) is 0 Å². The van der Waals surface area contributed by atoms with E-state index in [-0.39, 0.29) is 18.6 Å². The van der Waals surface area contributed by atoms with E-state index in [1.54, 1.807) is 18.7 Å². The highest BCUT2D eigenvalue weighted by Gasteiger charge is 2.22. The van der Waals surface area contributed by atoms with Gasteiger partial charge in [0.25, 0.3) is 5.91 Å². The monoisotopic (exact) mass is 327 g/mol. The van der Waals surface area contributed by atoms with Crippen LogP contribution in [0.15, 0.2) is 24.3 Å². The van der Waals surface area contributed by atoms with Gasteiger partial charge >= 0.3 is 0 Å².